The maximum atomic E-state index is 10.9. The van der Waals surface area contributed by atoms with Crippen molar-refractivity contribution < 1.29 is 8.42 Å². The molecule has 4 nitrogen and oxygen atoms in total. The highest BCUT2D eigenvalue weighted by Crippen LogP contribution is 2.00. The van der Waals surface area contributed by atoms with Crippen molar-refractivity contribution in [2.75, 3.05) is 12.0 Å². The van der Waals surface area contributed by atoms with Gasteiger partial charge in [-0.05, 0) is 25.6 Å². The van der Waals surface area contributed by atoms with Crippen molar-refractivity contribution in [1.82, 2.24) is 9.55 Å². The van der Waals surface area contributed by atoms with Crippen LogP contribution in [0, 0.1) is 11.7 Å². The fourth-order valence-corrected chi connectivity index (χ4v) is 2.19. The Morgan fingerprint density at radius 1 is 1.57 bits per heavy atom. The number of hydrogen-bond acceptors (Lipinski definition) is 3. The molecule has 1 N–H and O–H groups in total. The third kappa shape index (κ3) is 3.63. The number of H-pyrrole nitrogens is 1. The van der Waals surface area contributed by atoms with Crippen molar-refractivity contribution in [1.29, 1.82) is 0 Å². The van der Waals surface area contributed by atoms with Gasteiger partial charge in [-0.2, -0.15) is 0 Å². The monoisotopic (exact) mass is 234 g/mol. The topological polar surface area (TPSA) is 54.9 Å². The summed E-state index contributed by atoms with van der Waals surface area (Å²) < 4.78 is 24.2. The minimum absolute atomic E-state index is 0.207. The lowest BCUT2D eigenvalue weighted by atomic mass is 10.5. The van der Waals surface area contributed by atoms with Crippen LogP contribution < -0.4 is 0 Å². The molecule has 0 aliphatic carbocycles. The molecule has 0 aromatic carbocycles. The fraction of sp³-hybridized carbons (Fsp3) is 0.625. The lowest BCUT2D eigenvalue weighted by molar-refractivity contribution is 0.591. The lowest BCUT2D eigenvalue weighted by Gasteiger charge is -2.00. The Morgan fingerprint density at radius 3 is 2.64 bits per heavy atom. The molecule has 0 spiro atoms. The molecule has 0 saturated heterocycles. The molecule has 80 valence electrons. The molecule has 0 unspecified atom stereocenters. The first-order valence-corrected chi connectivity index (χ1v) is 6.79. The van der Waals surface area contributed by atoms with Crippen LogP contribution in [0.1, 0.15) is 12.1 Å². The van der Waals surface area contributed by atoms with E-state index in [1.807, 2.05) is 17.7 Å². The van der Waals surface area contributed by atoms with Gasteiger partial charge in [0.05, 0.1) is 5.75 Å². The third-order valence-corrected chi connectivity index (χ3v) is 3.20. The van der Waals surface area contributed by atoms with Gasteiger partial charge in [-0.1, -0.05) is 0 Å². The van der Waals surface area contributed by atoms with Crippen molar-refractivity contribution in [2.24, 2.45) is 0 Å². The Balaban J connectivity index is 2.55. The number of hydrogen-bond donors (Lipinski definition) is 1. The van der Waals surface area contributed by atoms with E-state index in [1.165, 1.54) is 6.26 Å². The smallest absolute Gasteiger partial charge is 0.177 e. The van der Waals surface area contributed by atoms with E-state index in [0.29, 0.717) is 17.7 Å². The molecular formula is C8H14N2O2S2. The van der Waals surface area contributed by atoms with E-state index in [4.69, 9.17) is 12.2 Å². The highest BCUT2D eigenvalue weighted by molar-refractivity contribution is 7.90. The van der Waals surface area contributed by atoms with Crippen LogP contribution in [-0.4, -0.2) is 30.0 Å². The first-order chi connectivity index (χ1) is 6.38. The summed E-state index contributed by atoms with van der Waals surface area (Å²) in [5.74, 6) is 0.207. The molecule has 0 aliphatic rings. The largest absolute Gasteiger partial charge is 0.335 e. The number of sulfone groups is 1. The van der Waals surface area contributed by atoms with E-state index in [2.05, 4.69) is 4.98 Å². The predicted octanol–water partition coefficient (Wildman–Crippen LogP) is 1.29. The maximum absolute atomic E-state index is 10.9. The molecule has 0 aliphatic heterocycles. The van der Waals surface area contributed by atoms with Crippen LogP contribution in [0.25, 0.3) is 0 Å². The Kier molecular flexibility index (Phi) is 3.49. The minimum Gasteiger partial charge on any atom is -0.335 e. The van der Waals surface area contributed by atoms with Gasteiger partial charge in [-0.25, -0.2) is 8.42 Å². The highest BCUT2D eigenvalue weighted by Gasteiger charge is 2.02. The molecule has 0 atom stereocenters. The van der Waals surface area contributed by atoms with Gasteiger partial charge in [0.2, 0.25) is 0 Å². The molecular weight excluding hydrogens is 220 g/mol. The van der Waals surface area contributed by atoms with Crippen LogP contribution in [0.4, 0.5) is 0 Å². The first kappa shape index (κ1) is 11.5. The molecule has 0 saturated carbocycles. The average Bonchev–Trinajstić information content (AvgIpc) is 2.27. The number of aromatic amines is 1. The summed E-state index contributed by atoms with van der Waals surface area (Å²) in [5.41, 5.74) is 0.995. The van der Waals surface area contributed by atoms with E-state index < -0.39 is 9.84 Å². The summed E-state index contributed by atoms with van der Waals surface area (Å²) in [6.45, 7) is 2.57. The zero-order valence-corrected chi connectivity index (χ0v) is 9.91. The zero-order chi connectivity index (χ0) is 10.8. The quantitative estimate of drug-likeness (QED) is 0.799. The van der Waals surface area contributed by atoms with Crippen LogP contribution in [-0.2, 0) is 16.4 Å². The zero-order valence-electron chi connectivity index (χ0n) is 8.28. The SMILES string of the molecule is Cc1cn(CCCS(C)(=O)=O)c(=S)[nH]1. The molecule has 0 amide bonds. The van der Waals surface area contributed by atoms with E-state index in [0.717, 1.165) is 5.69 Å². The predicted molar refractivity (Wildman–Crippen MR) is 58.7 cm³/mol. The van der Waals surface area contributed by atoms with Gasteiger partial charge in [0.25, 0.3) is 0 Å². The maximum Gasteiger partial charge on any atom is 0.177 e. The van der Waals surface area contributed by atoms with Gasteiger partial charge in [-0.15, -0.1) is 0 Å². The standard InChI is InChI=1S/C8H14N2O2S2/c1-7-6-10(8(13)9-7)4-3-5-14(2,11)12/h6H,3-5H2,1-2H3,(H,9,13). The van der Waals surface area contributed by atoms with Crippen LogP contribution in [0.15, 0.2) is 6.20 Å². The van der Waals surface area contributed by atoms with Gasteiger partial charge in [0.1, 0.15) is 9.84 Å². The molecule has 0 bridgehead atoms. The van der Waals surface area contributed by atoms with E-state index in [-0.39, 0.29) is 5.75 Å². The van der Waals surface area contributed by atoms with Crippen molar-refractivity contribution in [2.45, 2.75) is 19.9 Å². The van der Waals surface area contributed by atoms with Crippen molar-refractivity contribution >= 4 is 22.1 Å². The Morgan fingerprint density at radius 2 is 2.21 bits per heavy atom. The van der Waals surface area contributed by atoms with E-state index >= 15 is 0 Å². The second-order valence-electron chi connectivity index (χ2n) is 3.42. The fourth-order valence-electron chi connectivity index (χ4n) is 1.23. The highest BCUT2D eigenvalue weighted by atomic mass is 32.2. The molecule has 1 aromatic rings. The Labute approximate surface area is 88.9 Å². The Bertz CT molecular complexity index is 456. The second-order valence-corrected chi connectivity index (χ2v) is 6.07. The van der Waals surface area contributed by atoms with E-state index in [9.17, 15) is 8.42 Å². The summed E-state index contributed by atoms with van der Waals surface area (Å²) in [5, 5.41) is 0. The molecule has 14 heavy (non-hydrogen) atoms. The number of nitrogens with one attached hydrogen (secondary N) is 1. The number of aryl methyl sites for hydroxylation is 2. The summed E-state index contributed by atoms with van der Waals surface area (Å²) >= 11 is 5.04. The molecule has 1 aromatic heterocycles. The van der Waals surface area contributed by atoms with Crippen molar-refractivity contribution in [3.05, 3.63) is 16.7 Å². The van der Waals surface area contributed by atoms with Crippen LogP contribution in [0.2, 0.25) is 0 Å². The summed E-state index contributed by atoms with van der Waals surface area (Å²) in [6, 6.07) is 0. The minimum atomic E-state index is -2.86. The summed E-state index contributed by atoms with van der Waals surface area (Å²) in [4.78, 5) is 2.98. The van der Waals surface area contributed by atoms with Gasteiger partial charge < -0.3 is 9.55 Å². The molecule has 1 heterocycles. The lowest BCUT2D eigenvalue weighted by Crippen LogP contribution is -2.06. The van der Waals surface area contributed by atoms with Gasteiger partial charge in [0, 0.05) is 24.7 Å². The van der Waals surface area contributed by atoms with Crippen molar-refractivity contribution in [3.63, 3.8) is 0 Å². The molecule has 0 radical (unpaired) electrons. The molecule has 6 heteroatoms. The number of imidazole rings is 1. The van der Waals surface area contributed by atoms with Crippen LogP contribution in [0.3, 0.4) is 0 Å². The Hall–Kier alpha value is -0.620. The third-order valence-electron chi connectivity index (χ3n) is 1.83. The van der Waals surface area contributed by atoms with Crippen LogP contribution in [0.5, 0.6) is 0 Å². The van der Waals surface area contributed by atoms with Gasteiger partial charge >= 0.3 is 0 Å². The van der Waals surface area contributed by atoms with E-state index in [1.54, 1.807) is 0 Å². The van der Waals surface area contributed by atoms with Gasteiger partial charge in [0.15, 0.2) is 4.77 Å². The normalized spacial score (nSPS) is 11.9. The molecule has 0 fully saturated rings. The average molecular weight is 234 g/mol. The van der Waals surface area contributed by atoms with Gasteiger partial charge in [-0.3, -0.25) is 0 Å². The summed E-state index contributed by atoms with van der Waals surface area (Å²) in [6.07, 6.45) is 3.74. The van der Waals surface area contributed by atoms with Crippen LogP contribution >= 0.6 is 12.2 Å². The second kappa shape index (κ2) is 4.27. The number of aromatic nitrogens is 2. The summed E-state index contributed by atoms with van der Waals surface area (Å²) in [7, 11) is -2.86. The molecule has 1 rings (SSSR count). The van der Waals surface area contributed by atoms with Crippen molar-refractivity contribution in [3.8, 4) is 0 Å². The number of nitrogens with zero attached hydrogens (tertiary/aromatic N) is 1. The number of rotatable bonds is 4. The first-order valence-electron chi connectivity index (χ1n) is 4.32.